The topological polar surface area (TPSA) is 84.5 Å². The van der Waals surface area contributed by atoms with Crippen molar-refractivity contribution in [3.8, 4) is 0 Å². The van der Waals surface area contributed by atoms with Gasteiger partial charge >= 0.3 is 0 Å². The maximum atomic E-state index is 12.7. The Hall–Kier alpha value is -1.60. The number of amides is 1. The molecule has 0 unspecified atom stereocenters. The molecule has 3 atom stereocenters. The molecule has 4 rings (SSSR count). The molecule has 1 aliphatic carbocycles. The minimum Gasteiger partial charge on any atom is -0.385 e. The van der Waals surface area contributed by atoms with Gasteiger partial charge in [0.2, 0.25) is 0 Å². The zero-order valence-corrected chi connectivity index (χ0v) is 14.3. The second-order valence-corrected chi connectivity index (χ2v) is 8.54. The van der Waals surface area contributed by atoms with E-state index in [0.29, 0.717) is 18.9 Å². The summed E-state index contributed by atoms with van der Waals surface area (Å²) in [5.41, 5.74) is 1.60. The predicted molar refractivity (Wildman–Crippen MR) is 89.2 cm³/mol. The highest BCUT2D eigenvalue weighted by Crippen LogP contribution is 2.40. The Bertz CT molecular complexity index is 762. The number of sulfonamides is 1. The van der Waals surface area contributed by atoms with Crippen LogP contribution in [0.3, 0.4) is 0 Å². The van der Waals surface area contributed by atoms with Gasteiger partial charge in [-0.05, 0) is 55.2 Å². The fourth-order valence-electron chi connectivity index (χ4n) is 4.27. The summed E-state index contributed by atoms with van der Waals surface area (Å²) < 4.78 is 33.3. The van der Waals surface area contributed by atoms with Crippen molar-refractivity contribution in [3.63, 3.8) is 0 Å². The Balaban J connectivity index is 1.57. The third-order valence-corrected chi connectivity index (χ3v) is 6.86. The van der Waals surface area contributed by atoms with Gasteiger partial charge in [-0.25, -0.2) is 13.1 Å². The van der Waals surface area contributed by atoms with E-state index >= 15 is 0 Å². The lowest BCUT2D eigenvalue weighted by molar-refractivity contribution is -0.129. The molecule has 1 saturated carbocycles. The number of carbonyl (C=O) groups is 1. The minimum atomic E-state index is -3.89. The number of rotatable bonds is 3. The first-order valence-corrected chi connectivity index (χ1v) is 10.1. The molecule has 2 N–H and O–H groups in total. The van der Waals surface area contributed by atoms with Crippen LogP contribution >= 0.6 is 0 Å². The second-order valence-electron chi connectivity index (χ2n) is 6.89. The van der Waals surface area contributed by atoms with Gasteiger partial charge in [-0.3, -0.25) is 4.79 Å². The van der Waals surface area contributed by atoms with E-state index in [2.05, 4.69) is 10.0 Å². The third-order valence-electron chi connectivity index (χ3n) is 5.43. The van der Waals surface area contributed by atoms with Crippen molar-refractivity contribution >= 4 is 21.6 Å². The molecule has 0 radical (unpaired) electrons. The molecule has 1 aromatic rings. The van der Waals surface area contributed by atoms with Crippen molar-refractivity contribution in [2.24, 2.45) is 11.8 Å². The quantitative estimate of drug-likeness (QED) is 0.866. The maximum absolute atomic E-state index is 12.7. The van der Waals surface area contributed by atoms with E-state index < -0.39 is 22.0 Å². The van der Waals surface area contributed by atoms with Crippen LogP contribution in [0.5, 0.6) is 0 Å². The van der Waals surface area contributed by atoms with Crippen molar-refractivity contribution in [2.75, 3.05) is 18.5 Å². The third kappa shape index (κ3) is 2.69. The summed E-state index contributed by atoms with van der Waals surface area (Å²) in [6.45, 7) is 1.40. The first kappa shape index (κ1) is 15.9. The smallest absolute Gasteiger partial charge is 0.264 e. The zero-order valence-electron chi connectivity index (χ0n) is 13.5. The van der Waals surface area contributed by atoms with Crippen LogP contribution in [0.4, 0.5) is 5.69 Å². The van der Waals surface area contributed by atoms with E-state index in [9.17, 15) is 13.2 Å². The number of hydrogen-bond donors (Lipinski definition) is 2. The number of hydrogen-bond acceptors (Lipinski definition) is 5. The molecule has 1 amide bonds. The molecular formula is C17H22N2O4S. The molecule has 0 bridgehead atoms. The molecule has 7 heteroatoms. The van der Waals surface area contributed by atoms with Gasteiger partial charge < -0.3 is 10.1 Å². The molecule has 2 heterocycles. The Morgan fingerprint density at radius 3 is 3.00 bits per heavy atom. The molecule has 2 aliphatic heterocycles. The lowest BCUT2D eigenvalue weighted by Crippen LogP contribution is -2.41. The molecule has 2 fully saturated rings. The van der Waals surface area contributed by atoms with Crippen LogP contribution in [0.25, 0.3) is 0 Å². The largest absolute Gasteiger partial charge is 0.385 e. The minimum absolute atomic E-state index is 0.159. The number of anilines is 1. The van der Waals surface area contributed by atoms with Crippen molar-refractivity contribution in [3.05, 3.63) is 23.8 Å². The predicted octanol–water partition coefficient (Wildman–Crippen LogP) is 1.66. The van der Waals surface area contributed by atoms with Gasteiger partial charge in [0.05, 0.1) is 11.5 Å². The number of benzene rings is 1. The van der Waals surface area contributed by atoms with Gasteiger partial charge in [0.1, 0.15) is 6.10 Å². The fraction of sp³-hybridized carbons (Fsp3) is 0.588. The number of fused-ring (bicyclic) bond motifs is 2. The lowest BCUT2D eigenvalue weighted by atomic mass is 9.94. The summed E-state index contributed by atoms with van der Waals surface area (Å²) in [4.78, 5) is 12.7. The van der Waals surface area contributed by atoms with E-state index in [4.69, 9.17) is 4.74 Å². The zero-order chi connectivity index (χ0) is 16.7. The van der Waals surface area contributed by atoms with E-state index in [1.165, 1.54) is 0 Å². The monoisotopic (exact) mass is 350 g/mol. The van der Waals surface area contributed by atoms with Gasteiger partial charge in [-0.15, -0.1) is 0 Å². The van der Waals surface area contributed by atoms with Crippen LogP contribution < -0.4 is 10.0 Å². The molecule has 3 aliphatic rings. The average molecular weight is 350 g/mol. The Labute approximate surface area is 142 Å². The van der Waals surface area contributed by atoms with E-state index in [0.717, 1.165) is 43.5 Å². The summed E-state index contributed by atoms with van der Waals surface area (Å²) in [6.07, 6.45) is 4.03. The summed E-state index contributed by atoms with van der Waals surface area (Å²) >= 11 is 0. The highest BCUT2D eigenvalue weighted by atomic mass is 32.2. The molecule has 1 aromatic carbocycles. The van der Waals surface area contributed by atoms with Crippen LogP contribution in [0, 0.1) is 11.8 Å². The van der Waals surface area contributed by atoms with E-state index in [-0.39, 0.29) is 10.8 Å². The second kappa shape index (κ2) is 6.04. The first-order valence-electron chi connectivity index (χ1n) is 8.60. The lowest BCUT2D eigenvalue weighted by Gasteiger charge is -2.22. The van der Waals surface area contributed by atoms with Crippen molar-refractivity contribution in [2.45, 2.75) is 43.1 Å². The summed E-state index contributed by atoms with van der Waals surface area (Å²) in [5.74, 6) is 0.0365. The summed E-state index contributed by atoms with van der Waals surface area (Å²) in [7, 11) is -3.89. The standard InChI is InChI=1S/C17H22N2O4S/c20-17(16-12-5-1-4-11(12)10-23-16)19-24(21,22)15-8-2-7-14-13(15)6-3-9-18-14/h2,7-8,11-12,16,18H,1,3-6,9-10H2,(H,19,20)/t11-,12-,16+/m0/s1. The van der Waals surface area contributed by atoms with Gasteiger partial charge in [0.15, 0.2) is 0 Å². The van der Waals surface area contributed by atoms with Crippen LogP contribution in [-0.2, 0) is 26.0 Å². The highest BCUT2D eigenvalue weighted by Gasteiger charge is 2.44. The average Bonchev–Trinajstić information content (AvgIpc) is 3.17. The number of carbonyl (C=O) groups excluding carboxylic acids is 1. The summed E-state index contributed by atoms with van der Waals surface area (Å²) in [6, 6.07) is 5.14. The first-order chi connectivity index (χ1) is 11.6. The van der Waals surface area contributed by atoms with Crippen molar-refractivity contribution in [1.82, 2.24) is 4.72 Å². The van der Waals surface area contributed by atoms with Crippen LogP contribution in [0.1, 0.15) is 31.2 Å². The number of nitrogens with one attached hydrogen (secondary N) is 2. The number of ether oxygens (including phenoxy) is 1. The van der Waals surface area contributed by atoms with E-state index in [1.807, 2.05) is 6.07 Å². The molecule has 0 aromatic heterocycles. The SMILES string of the molecule is O=C(NS(=O)(=O)c1cccc2c1CCCN2)[C@@H]1OC[C@@H]2CCC[C@@H]21. The normalized spacial score (nSPS) is 28.8. The van der Waals surface area contributed by atoms with E-state index in [1.54, 1.807) is 12.1 Å². The van der Waals surface area contributed by atoms with Crippen LogP contribution in [0.2, 0.25) is 0 Å². The van der Waals surface area contributed by atoms with Gasteiger partial charge in [-0.1, -0.05) is 12.5 Å². The van der Waals surface area contributed by atoms with Crippen LogP contribution in [0.15, 0.2) is 23.1 Å². The van der Waals surface area contributed by atoms with Gasteiger partial charge in [0.25, 0.3) is 15.9 Å². The Kier molecular flexibility index (Phi) is 4.00. The molecule has 6 nitrogen and oxygen atoms in total. The Morgan fingerprint density at radius 1 is 1.25 bits per heavy atom. The van der Waals surface area contributed by atoms with Gasteiger partial charge in [-0.2, -0.15) is 0 Å². The van der Waals surface area contributed by atoms with Gasteiger partial charge in [0, 0.05) is 12.2 Å². The van der Waals surface area contributed by atoms with Crippen molar-refractivity contribution in [1.29, 1.82) is 0 Å². The van der Waals surface area contributed by atoms with Crippen LogP contribution in [-0.4, -0.2) is 33.6 Å². The fourth-order valence-corrected chi connectivity index (χ4v) is 5.55. The molecule has 130 valence electrons. The molecular weight excluding hydrogens is 328 g/mol. The molecule has 0 spiro atoms. The highest BCUT2D eigenvalue weighted by molar-refractivity contribution is 7.90. The summed E-state index contributed by atoms with van der Waals surface area (Å²) in [5, 5.41) is 3.21. The Morgan fingerprint density at radius 2 is 2.12 bits per heavy atom. The molecule has 24 heavy (non-hydrogen) atoms. The maximum Gasteiger partial charge on any atom is 0.264 e. The molecule has 1 saturated heterocycles. The van der Waals surface area contributed by atoms with Crippen molar-refractivity contribution < 1.29 is 17.9 Å².